The van der Waals surface area contributed by atoms with Crippen LogP contribution in [0.2, 0.25) is 0 Å². The lowest BCUT2D eigenvalue weighted by Crippen LogP contribution is -2.37. The molecule has 1 rings (SSSR count). The second-order valence-electron chi connectivity index (χ2n) is 4.89. The number of rotatable bonds is 6. The molecular weight excluding hydrogens is 250 g/mol. The molecule has 0 aromatic heterocycles. The smallest absolute Gasteiger partial charge is 0.314 e. The molecule has 0 spiro atoms. The summed E-state index contributed by atoms with van der Waals surface area (Å²) in [5.74, 6) is 0.478. The highest BCUT2D eigenvalue weighted by atomic mass is 16.6. The third kappa shape index (κ3) is 3.82. The van der Waals surface area contributed by atoms with Crippen molar-refractivity contribution in [2.45, 2.75) is 26.4 Å². The molecule has 1 unspecified atom stereocenters. The van der Waals surface area contributed by atoms with Crippen LogP contribution in [0.15, 0.2) is 18.2 Å². The van der Waals surface area contributed by atoms with Gasteiger partial charge in [0.05, 0.1) is 23.7 Å². The van der Waals surface area contributed by atoms with E-state index >= 15 is 0 Å². The molecule has 0 fully saturated rings. The maximum atomic E-state index is 11.0. The van der Waals surface area contributed by atoms with Crippen molar-refractivity contribution >= 4 is 5.69 Å². The second-order valence-corrected chi connectivity index (χ2v) is 4.89. The van der Waals surface area contributed by atoms with Crippen molar-refractivity contribution in [1.82, 2.24) is 0 Å². The molecule has 0 aliphatic rings. The van der Waals surface area contributed by atoms with Crippen molar-refractivity contribution in [3.8, 4) is 11.5 Å². The number of ether oxygens (including phenoxy) is 2. The van der Waals surface area contributed by atoms with Crippen LogP contribution >= 0.6 is 0 Å². The minimum Gasteiger partial charge on any atom is -0.496 e. The Labute approximate surface area is 112 Å². The fourth-order valence-electron chi connectivity index (χ4n) is 1.28. The largest absolute Gasteiger partial charge is 0.496 e. The second kappa shape index (κ2) is 5.88. The van der Waals surface area contributed by atoms with E-state index in [1.807, 2.05) is 13.8 Å². The summed E-state index contributed by atoms with van der Waals surface area (Å²) in [6.45, 7) is 5.32. The first-order valence-electron chi connectivity index (χ1n) is 5.95. The van der Waals surface area contributed by atoms with Crippen LogP contribution in [0.25, 0.3) is 0 Å². The van der Waals surface area contributed by atoms with Crippen LogP contribution in [0.4, 0.5) is 5.69 Å². The quantitative estimate of drug-likeness (QED) is 0.633. The van der Waals surface area contributed by atoms with E-state index in [0.717, 1.165) is 0 Å². The SMILES string of the molecule is COc1ccc(OCC(C)(O)C(C)C)c([N+](=O)[O-])c1. The molecule has 0 amide bonds. The zero-order chi connectivity index (χ0) is 14.6. The number of hydrogen-bond donors (Lipinski definition) is 1. The Kier molecular flexibility index (Phi) is 4.72. The molecule has 1 atom stereocenters. The molecule has 0 saturated heterocycles. The summed E-state index contributed by atoms with van der Waals surface area (Å²) in [6.07, 6.45) is 0. The highest BCUT2D eigenvalue weighted by Gasteiger charge is 2.27. The van der Waals surface area contributed by atoms with Crippen LogP contribution in [-0.2, 0) is 0 Å². The lowest BCUT2D eigenvalue weighted by Gasteiger charge is -2.27. The molecule has 1 aromatic rings. The first-order chi connectivity index (χ1) is 8.77. The van der Waals surface area contributed by atoms with Crippen molar-refractivity contribution < 1.29 is 19.5 Å². The van der Waals surface area contributed by atoms with Gasteiger partial charge in [-0.1, -0.05) is 13.8 Å². The van der Waals surface area contributed by atoms with Crippen LogP contribution in [0.3, 0.4) is 0 Å². The molecule has 0 saturated carbocycles. The highest BCUT2D eigenvalue weighted by Crippen LogP contribution is 2.32. The van der Waals surface area contributed by atoms with E-state index in [2.05, 4.69) is 0 Å². The van der Waals surface area contributed by atoms with E-state index in [4.69, 9.17) is 9.47 Å². The molecule has 0 aliphatic carbocycles. The van der Waals surface area contributed by atoms with Crippen LogP contribution < -0.4 is 9.47 Å². The van der Waals surface area contributed by atoms with Gasteiger partial charge in [0.1, 0.15) is 12.4 Å². The highest BCUT2D eigenvalue weighted by molar-refractivity contribution is 5.50. The number of aliphatic hydroxyl groups is 1. The van der Waals surface area contributed by atoms with Crippen LogP contribution in [0, 0.1) is 16.0 Å². The number of nitrogens with zero attached hydrogens (tertiary/aromatic N) is 1. The topological polar surface area (TPSA) is 81.8 Å². The minimum atomic E-state index is -1.05. The average molecular weight is 269 g/mol. The third-order valence-electron chi connectivity index (χ3n) is 3.13. The Morgan fingerprint density at radius 1 is 1.47 bits per heavy atom. The zero-order valence-corrected chi connectivity index (χ0v) is 11.5. The molecule has 0 bridgehead atoms. The summed E-state index contributed by atoms with van der Waals surface area (Å²) in [4.78, 5) is 10.4. The Morgan fingerprint density at radius 2 is 2.11 bits per heavy atom. The van der Waals surface area contributed by atoms with Gasteiger partial charge in [0, 0.05) is 0 Å². The van der Waals surface area contributed by atoms with Crippen molar-refractivity contribution in [1.29, 1.82) is 0 Å². The normalized spacial score (nSPS) is 14.0. The first-order valence-corrected chi connectivity index (χ1v) is 5.95. The van der Waals surface area contributed by atoms with Gasteiger partial charge in [-0.2, -0.15) is 0 Å². The Hall–Kier alpha value is -1.82. The first kappa shape index (κ1) is 15.2. The van der Waals surface area contributed by atoms with Crippen LogP contribution in [0.1, 0.15) is 20.8 Å². The monoisotopic (exact) mass is 269 g/mol. The maximum Gasteiger partial charge on any atom is 0.314 e. The van der Waals surface area contributed by atoms with Gasteiger partial charge in [-0.25, -0.2) is 0 Å². The van der Waals surface area contributed by atoms with E-state index in [1.165, 1.54) is 19.2 Å². The lowest BCUT2D eigenvalue weighted by molar-refractivity contribution is -0.386. The van der Waals surface area contributed by atoms with Gasteiger partial charge < -0.3 is 14.6 Å². The number of benzene rings is 1. The van der Waals surface area contributed by atoms with E-state index < -0.39 is 10.5 Å². The van der Waals surface area contributed by atoms with Gasteiger partial charge in [0.25, 0.3) is 0 Å². The van der Waals surface area contributed by atoms with Crippen LogP contribution in [-0.4, -0.2) is 29.3 Å². The van der Waals surface area contributed by atoms with Gasteiger partial charge >= 0.3 is 5.69 Å². The van der Waals surface area contributed by atoms with Crippen molar-refractivity contribution in [2.24, 2.45) is 5.92 Å². The molecule has 106 valence electrons. The van der Waals surface area contributed by atoms with Crippen LogP contribution in [0.5, 0.6) is 11.5 Å². The fraction of sp³-hybridized carbons (Fsp3) is 0.538. The lowest BCUT2D eigenvalue weighted by atomic mass is 9.94. The number of nitro groups is 1. The molecule has 0 heterocycles. The fourth-order valence-corrected chi connectivity index (χ4v) is 1.28. The molecule has 6 nitrogen and oxygen atoms in total. The zero-order valence-electron chi connectivity index (χ0n) is 11.5. The molecule has 1 N–H and O–H groups in total. The van der Waals surface area contributed by atoms with E-state index in [0.29, 0.717) is 5.75 Å². The minimum absolute atomic E-state index is 0.0160. The standard InChI is InChI=1S/C13H19NO5/c1-9(2)13(3,15)8-19-12-6-5-10(18-4)7-11(12)14(16)17/h5-7,9,15H,8H2,1-4H3. The van der Waals surface area contributed by atoms with Gasteiger partial charge in [0.15, 0.2) is 5.75 Å². The predicted molar refractivity (Wildman–Crippen MR) is 70.6 cm³/mol. The summed E-state index contributed by atoms with van der Waals surface area (Å²) in [7, 11) is 1.43. The number of methoxy groups -OCH3 is 1. The third-order valence-corrected chi connectivity index (χ3v) is 3.13. The van der Waals surface area contributed by atoms with Gasteiger partial charge in [-0.15, -0.1) is 0 Å². The molecule has 1 aromatic carbocycles. The van der Waals surface area contributed by atoms with E-state index in [-0.39, 0.29) is 24.0 Å². The van der Waals surface area contributed by atoms with Crippen molar-refractivity contribution in [3.05, 3.63) is 28.3 Å². The summed E-state index contributed by atoms with van der Waals surface area (Å²) in [5.41, 5.74) is -1.23. The Bertz CT molecular complexity index is 456. The molecule has 0 radical (unpaired) electrons. The van der Waals surface area contributed by atoms with Crippen molar-refractivity contribution in [3.63, 3.8) is 0 Å². The summed E-state index contributed by atoms with van der Waals surface area (Å²) in [5, 5.41) is 21.0. The Morgan fingerprint density at radius 3 is 2.58 bits per heavy atom. The maximum absolute atomic E-state index is 11.0. The summed E-state index contributed by atoms with van der Waals surface area (Å²) in [6, 6.07) is 4.33. The van der Waals surface area contributed by atoms with Gasteiger partial charge in [-0.3, -0.25) is 10.1 Å². The number of nitro benzene ring substituents is 1. The number of hydrogen-bond acceptors (Lipinski definition) is 5. The molecule has 0 aliphatic heterocycles. The molecule has 6 heteroatoms. The van der Waals surface area contributed by atoms with Crippen molar-refractivity contribution in [2.75, 3.05) is 13.7 Å². The summed E-state index contributed by atoms with van der Waals surface area (Å²) < 4.78 is 10.3. The van der Waals surface area contributed by atoms with E-state index in [1.54, 1.807) is 13.0 Å². The van der Waals surface area contributed by atoms with Gasteiger partial charge in [0.2, 0.25) is 0 Å². The summed E-state index contributed by atoms with van der Waals surface area (Å²) >= 11 is 0. The predicted octanol–water partition coefficient (Wildman–Crippen LogP) is 2.39. The molecular formula is C13H19NO5. The average Bonchev–Trinajstić information content (AvgIpc) is 2.35. The molecule has 19 heavy (non-hydrogen) atoms. The van der Waals surface area contributed by atoms with E-state index in [9.17, 15) is 15.2 Å². The van der Waals surface area contributed by atoms with Gasteiger partial charge in [-0.05, 0) is 25.0 Å². The Balaban J connectivity index is 2.92.